The third-order valence-electron chi connectivity index (χ3n) is 5.06. The highest BCUT2D eigenvalue weighted by Crippen LogP contribution is 2.23. The van der Waals surface area contributed by atoms with Crippen LogP contribution in [0.5, 0.6) is 5.75 Å². The summed E-state index contributed by atoms with van der Waals surface area (Å²) in [7, 11) is 0. The lowest BCUT2D eigenvalue weighted by Gasteiger charge is -2.10. The summed E-state index contributed by atoms with van der Waals surface area (Å²) >= 11 is 0. The number of ether oxygens (including phenoxy) is 1. The average molecular weight is 443 g/mol. The smallest absolute Gasteiger partial charge is 0.338 e. The number of carbonyl (C=O) groups is 2. The predicted molar refractivity (Wildman–Crippen MR) is 123 cm³/mol. The lowest BCUT2D eigenvalue weighted by atomic mass is 10.1. The van der Waals surface area contributed by atoms with Crippen LogP contribution in [0.2, 0.25) is 0 Å². The zero-order chi connectivity index (χ0) is 23.3. The molecule has 8 heteroatoms. The summed E-state index contributed by atoms with van der Waals surface area (Å²) < 4.78 is 5.75. The number of carbonyl (C=O) groups excluding carboxylic acids is 1. The first-order chi connectivity index (χ1) is 15.4. The number of anilines is 1. The molecule has 1 amide bonds. The summed E-state index contributed by atoms with van der Waals surface area (Å²) in [5.74, 6) is -1.34. The molecule has 32 heavy (non-hydrogen) atoms. The Morgan fingerprint density at radius 2 is 1.69 bits per heavy atom. The molecule has 0 aliphatic carbocycles. The van der Waals surface area contributed by atoms with E-state index in [1.165, 1.54) is 44.6 Å². The number of hydrogen-bond acceptors (Lipinski definition) is 5. The molecule has 0 saturated heterocycles. The van der Waals surface area contributed by atoms with Gasteiger partial charge in [-0.3, -0.25) is 14.9 Å². The Morgan fingerprint density at radius 3 is 2.34 bits per heavy atom. The molecule has 0 aliphatic heterocycles. The third-order valence-corrected chi connectivity index (χ3v) is 5.06. The van der Waals surface area contributed by atoms with Crippen molar-refractivity contribution in [1.82, 2.24) is 0 Å². The van der Waals surface area contributed by atoms with Crippen LogP contribution >= 0.6 is 0 Å². The van der Waals surface area contributed by atoms with Crippen molar-refractivity contribution in [1.29, 1.82) is 0 Å². The van der Waals surface area contributed by atoms with Crippen LogP contribution in [0, 0.1) is 10.1 Å². The number of rotatable bonds is 14. The lowest BCUT2D eigenvalue weighted by Crippen LogP contribution is -2.15. The molecule has 0 spiro atoms. The van der Waals surface area contributed by atoms with Gasteiger partial charge in [0, 0.05) is 17.7 Å². The normalized spacial score (nSPS) is 10.5. The molecule has 0 unspecified atom stereocenters. The maximum absolute atomic E-state index is 12.6. The molecular formula is C24H30N2O6. The van der Waals surface area contributed by atoms with Gasteiger partial charge in [0.05, 0.1) is 22.8 Å². The summed E-state index contributed by atoms with van der Waals surface area (Å²) in [4.78, 5) is 34.2. The van der Waals surface area contributed by atoms with E-state index in [0.717, 1.165) is 25.0 Å². The minimum atomic E-state index is -1.37. The molecule has 0 saturated carbocycles. The maximum atomic E-state index is 12.6. The Morgan fingerprint density at radius 1 is 1.00 bits per heavy atom. The highest BCUT2D eigenvalue weighted by atomic mass is 16.6. The van der Waals surface area contributed by atoms with Crippen LogP contribution in [-0.2, 0) is 0 Å². The molecule has 0 radical (unpaired) electrons. The predicted octanol–water partition coefficient (Wildman–Crippen LogP) is 6.06. The van der Waals surface area contributed by atoms with Gasteiger partial charge in [-0.1, -0.05) is 57.9 Å². The molecule has 0 fully saturated rings. The second-order valence-electron chi connectivity index (χ2n) is 7.60. The van der Waals surface area contributed by atoms with Crippen molar-refractivity contribution in [2.75, 3.05) is 11.9 Å². The molecular weight excluding hydrogens is 412 g/mol. The van der Waals surface area contributed by atoms with E-state index in [1.54, 1.807) is 24.3 Å². The molecule has 0 atom stereocenters. The van der Waals surface area contributed by atoms with E-state index < -0.39 is 16.8 Å². The van der Waals surface area contributed by atoms with E-state index in [4.69, 9.17) is 4.74 Å². The summed E-state index contributed by atoms with van der Waals surface area (Å²) in [5.41, 5.74) is -0.433. The Kier molecular flexibility index (Phi) is 10.2. The number of nitrogens with one attached hydrogen (secondary N) is 1. The standard InChI is InChI=1S/C24H30N2O6/c1-2-3-4-5-6-7-8-9-15-32-20-12-10-11-18(16-20)23(27)25-22-14-13-19(26(30)31)17-21(22)24(28)29/h10-14,16-17H,2-9,15H2,1H3,(H,25,27)(H,28,29). The number of nitro benzene ring substituents is 1. The average Bonchev–Trinajstić information content (AvgIpc) is 2.78. The molecule has 0 aliphatic rings. The van der Waals surface area contributed by atoms with Crippen LogP contribution in [0.15, 0.2) is 42.5 Å². The fourth-order valence-electron chi connectivity index (χ4n) is 3.28. The van der Waals surface area contributed by atoms with Crippen molar-refractivity contribution in [3.8, 4) is 5.75 Å². The van der Waals surface area contributed by atoms with E-state index in [0.29, 0.717) is 17.9 Å². The van der Waals surface area contributed by atoms with E-state index in [2.05, 4.69) is 12.2 Å². The summed E-state index contributed by atoms with van der Waals surface area (Å²) in [6, 6.07) is 9.90. The zero-order valence-electron chi connectivity index (χ0n) is 18.3. The minimum Gasteiger partial charge on any atom is -0.494 e. The number of benzene rings is 2. The third kappa shape index (κ3) is 8.02. The number of aromatic carboxylic acids is 1. The van der Waals surface area contributed by atoms with E-state index in [-0.39, 0.29) is 16.9 Å². The molecule has 2 rings (SSSR count). The van der Waals surface area contributed by atoms with Crippen LogP contribution < -0.4 is 10.1 Å². The second-order valence-corrected chi connectivity index (χ2v) is 7.60. The van der Waals surface area contributed by atoms with Gasteiger partial charge in [-0.2, -0.15) is 0 Å². The van der Waals surface area contributed by atoms with Crippen LogP contribution in [-0.4, -0.2) is 28.5 Å². The number of amides is 1. The molecule has 172 valence electrons. The van der Waals surface area contributed by atoms with Gasteiger partial charge < -0.3 is 15.2 Å². The topological polar surface area (TPSA) is 119 Å². The molecule has 0 aromatic heterocycles. The maximum Gasteiger partial charge on any atom is 0.338 e. The second kappa shape index (κ2) is 13.1. The monoisotopic (exact) mass is 442 g/mol. The van der Waals surface area contributed by atoms with E-state index >= 15 is 0 Å². The highest BCUT2D eigenvalue weighted by Gasteiger charge is 2.18. The number of hydrogen-bond donors (Lipinski definition) is 2. The molecule has 2 aromatic rings. The Labute approximate surface area is 187 Å². The van der Waals surface area contributed by atoms with Crippen molar-refractivity contribution in [3.05, 3.63) is 63.7 Å². The zero-order valence-corrected chi connectivity index (χ0v) is 18.3. The lowest BCUT2D eigenvalue weighted by molar-refractivity contribution is -0.384. The highest BCUT2D eigenvalue weighted by molar-refractivity contribution is 6.08. The van der Waals surface area contributed by atoms with Gasteiger partial charge in [0.1, 0.15) is 5.75 Å². The van der Waals surface area contributed by atoms with Crippen LogP contribution in [0.4, 0.5) is 11.4 Å². The number of non-ortho nitro benzene ring substituents is 1. The molecule has 8 nitrogen and oxygen atoms in total. The Bertz CT molecular complexity index is 928. The van der Waals surface area contributed by atoms with Gasteiger partial charge in [0.15, 0.2) is 0 Å². The number of nitrogens with zero attached hydrogens (tertiary/aromatic N) is 1. The fraction of sp³-hybridized carbons (Fsp3) is 0.417. The number of carboxylic acids is 1. The Balaban J connectivity index is 1.88. The summed E-state index contributed by atoms with van der Waals surface area (Å²) in [6.45, 7) is 2.77. The molecule has 0 heterocycles. The van der Waals surface area contributed by atoms with Crippen molar-refractivity contribution in [3.63, 3.8) is 0 Å². The largest absolute Gasteiger partial charge is 0.494 e. The van der Waals surface area contributed by atoms with Crippen molar-refractivity contribution in [2.45, 2.75) is 58.3 Å². The fourth-order valence-corrected chi connectivity index (χ4v) is 3.28. The summed E-state index contributed by atoms with van der Waals surface area (Å²) in [6.07, 6.45) is 9.61. The van der Waals surface area contributed by atoms with Crippen molar-refractivity contribution < 1.29 is 24.4 Å². The van der Waals surface area contributed by atoms with Gasteiger partial charge in [0.25, 0.3) is 11.6 Å². The number of carboxylic acid groups (broad SMARTS) is 1. The minimum absolute atomic E-state index is 0.0154. The van der Waals surface area contributed by atoms with Gasteiger partial charge in [0.2, 0.25) is 0 Å². The number of unbranched alkanes of at least 4 members (excludes halogenated alkanes) is 7. The van der Waals surface area contributed by atoms with Crippen molar-refractivity contribution >= 4 is 23.3 Å². The van der Waals surface area contributed by atoms with Crippen LogP contribution in [0.25, 0.3) is 0 Å². The first kappa shape index (κ1) is 24.8. The van der Waals surface area contributed by atoms with Gasteiger partial charge >= 0.3 is 5.97 Å². The summed E-state index contributed by atoms with van der Waals surface area (Å²) in [5, 5.41) is 22.7. The first-order valence-corrected chi connectivity index (χ1v) is 11.0. The van der Waals surface area contributed by atoms with Gasteiger partial charge in [-0.25, -0.2) is 4.79 Å². The first-order valence-electron chi connectivity index (χ1n) is 11.0. The Hall–Kier alpha value is -3.42. The van der Waals surface area contributed by atoms with Gasteiger partial charge in [-0.15, -0.1) is 0 Å². The van der Waals surface area contributed by atoms with Crippen LogP contribution in [0.1, 0.15) is 79.0 Å². The molecule has 2 aromatic carbocycles. The molecule has 0 bridgehead atoms. The van der Waals surface area contributed by atoms with Crippen LogP contribution in [0.3, 0.4) is 0 Å². The van der Waals surface area contributed by atoms with Gasteiger partial charge in [-0.05, 0) is 30.7 Å². The van der Waals surface area contributed by atoms with E-state index in [9.17, 15) is 24.8 Å². The van der Waals surface area contributed by atoms with E-state index in [1.807, 2.05) is 0 Å². The molecule has 2 N–H and O–H groups in total. The van der Waals surface area contributed by atoms with Crippen molar-refractivity contribution in [2.24, 2.45) is 0 Å². The quantitative estimate of drug-likeness (QED) is 0.208. The number of nitro groups is 1. The SMILES string of the molecule is CCCCCCCCCCOc1cccc(C(=O)Nc2ccc([N+](=O)[O-])cc2C(=O)O)c1.